The van der Waals surface area contributed by atoms with Crippen molar-refractivity contribution in [3.63, 3.8) is 0 Å². The predicted octanol–water partition coefficient (Wildman–Crippen LogP) is 2.25. The summed E-state index contributed by atoms with van der Waals surface area (Å²) < 4.78 is 1.41. The lowest BCUT2D eigenvalue weighted by atomic mass is 10.2. The molecule has 0 saturated carbocycles. The Hall–Kier alpha value is -2.94. The van der Waals surface area contributed by atoms with Crippen molar-refractivity contribution in [3.05, 3.63) is 64.5 Å². The fourth-order valence-corrected chi connectivity index (χ4v) is 2.74. The molecule has 0 unspecified atom stereocenters. The number of pyridine rings is 1. The highest BCUT2D eigenvalue weighted by Crippen LogP contribution is 2.24. The summed E-state index contributed by atoms with van der Waals surface area (Å²) in [6, 6.07) is 10.0. The van der Waals surface area contributed by atoms with Crippen molar-refractivity contribution in [3.8, 4) is 11.4 Å². The van der Waals surface area contributed by atoms with E-state index < -0.39 is 4.92 Å². The van der Waals surface area contributed by atoms with E-state index in [1.165, 1.54) is 28.6 Å². The van der Waals surface area contributed by atoms with Crippen LogP contribution in [0.5, 0.6) is 0 Å². The highest BCUT2D eigenvalue weighted by molar-refractivity contribution is 7.98. The van der Waals surface area contributed by atoms with Crippen LogP contribution >= 0.6 is 11.8 Å². The van der Waals surface area contributed by atoms with Crippen molar-refractivity contribution in [2.45, 2.75) is 10.9 Å². The number of aromatic nitrogens is 4. The Kier molecular flexibility index (Phi) is 4.20. The summed E-state index contributed by atoms with van der Waals surface area (Å²) in [6.45, 7) is 0. The van der Waals surface area contributed by atoms with Gasteiger partial charge in [0.05, 0.1) is 4.92 Å². The summed E-state index contributed by atoms with van der Waals surface area (Å²) in [6.07, 6.45) is 3.34. The van der Waals surface area contributed by atoms with Gasteiger partial charge >= 0.3 is 0 Å². The highest BCUT2D eigenvalue weighted by atomic mass is 32.2. The molecule has 0 bridgehead atoms. The Balaban J connectivity index is 1.72. The van der Waals surface area contributed by atoms with Crippen LogP contribution in [-0.2, 0) is 5.75 Å². The first-order valence-corrected chi connectivity index (χ1v) is 7.61. The molecule has 9 heteroatoms. The number of benzene rings is 1. The Bertz CT molecular complexity index is 819. The van der Waals surface area contributed by atoms with Crippen LogP contribution in [0.3, 0.4) is 0 Å². The zero-order valence-corrected chi connectivity index (χ0v) is 12.7. The van der Waals surface area contributed by atoms with Gasteiger partial charge in [-0.15, -0.1) is 10.2 Å². The maximum absolute atomic E-state index is 10.6. The quantitative estimate of drug-likeness (QED) is 0.331. The topological polar surface area (TPSA) is 113 Å². The lowest BCUT2D eigenvalue weighted by Crippen LogP contribution is -2.11. The number of thioether (sulfide) groups is 1. The average Bonchev–Trinajstić information content (AvgIpc) is 2.95. The van der Waals surface area contributed by atoms with Crippen LogP contribution in [0.1, 0.15) is 5.56 Å². The average molecular weight is 328 g/mol. The Morgan fingerprint density at radius 2 is 2.00 bits per heavy atom. The molecule has 2 aromatic heterocycles. The molecule has 116 valence electrons. The fraction of sp³-hybridized carbons (Fsp3) is 0.0714. The van der Waals surface area contributed by atoms with Crippen LogP contribution in [0.2, 0.25) is 0 Å². The van der Waals surface area contributed by atoms with Gasteiger partial charge in [-0.25, -0.2) is 4.68 Å². The molecule has 0 radical (unpaired) electrons. The molecular formula is C14H12N6O2S. The summed E-state index contributed by atoms with van der Waals surface area (Å²) in [5.41, 5.74) is 1.79. The number of hydrogen-bond acceptors (Lipinski definition) is 7. The van der Waals surface area contributed by atoms with Gasteiger partial charge < -0.3 is 5.84 Å². The van der Waals surface area contributed by atoms with Gasteiger partial charge in [0, 0.05) is 35.8 Å². The van der Waals surface area contributed by atoms with Crippen molar-refractivity contribution in [1.29, 1.82) is 0 Å². The van der Waals surface area contributed by atoms with E-state index in [2.05, 4.69) is 15.2 Å². The monoisotopic (exact) mass is 328 g/mol. The molecule has 3 rings (SSSR count). The van der Waals surface area contributed by atoms with Gasteiger partial charge in [0.25, 0.3) is 5.69 Å². The first kappa shape index (κ1) is 15.0. The van der Waals surface area contributed by atoms with E-state index in [-0.39, 0.29) is 5.69 Å². The SMILES string of the molecule is Nn1c(SCc2ccc([N+](=O)[O-])cc2)nnc1-c1cccnc1. The minimum atomic E-state index is -0.423. The molecule has 0 aliphatic rings. The van der Waals surface area contributed by atoms with Crippen molar-refractivity contribution < 1.29 is 4.92 Å². The molecule has 2 heterocycles. The van der Waals surface area contributed by atoms with Gasteiger partial charge in [0.2, 0.25) is 5.16 Å². The van der Waals surface area contributed by atoms with Gasteiger partial charge in [-0.2, -0.15) is 0 Å². The largest absolute Gasteiger partial charge is 0.335 e. The number of rotatable bonds is 5. The molecule has 0 atom stereocenters. The van der Waals surface area contributed by atoms with Crippen molar-refractivity contribution in [2.24, 2.45) is 0 Å². The second kappa shape index (κ2) is 6.44. The normalized spacial score (nSPS) is 10.6. The van der Waals surface area contributed by atoms with Gasteiger partial charge in [-0.1, -0.05) is 23.9 Å². The molecule has 0 saturated heterocycles. The van der Waals surface area contributed by atoms with Crippen LogP contribution in [0.25, 0.3) is 11.4 Å². The highest BCUT2D eigenvalue weighted by Gasteiger charge is 2.12. The standard InChI is InChI=1S/C14H12N6O2S/c15-19-13(11-2-1-7-16-8-11)17-18-14(19)23-9-10-3-5-12(6-4-10)20(21)22/h1-8H,9,15H2. The molecule has 0 fully saturated rings. The van der Waals surface area contributed by atoms with E-state index in [0.29, 0.717) is 16.7 Å². The van der Waals surface area contributed by atoms with E-state index in [9.17, 15) is 10.1 Å². The molecule has 1 aromatic carbocycles. The van der Waals surface area contributed by atoms with Crippen LogP contribution in [-0.4, -0.2) is 24.8 Å². The third-order valence-corrected chi connectivity index (χ3v) is 4.11. The van der Waals surface area contributed by atoms with Gasteiger partial charge in [0.1, 0.15) is 0 Å². The third kappa shape index (κ3) is 3.29. The molecule has 0 amide bonds. The van der Waals surface area contributed by atoms with Crippen LogP contribution in [0.4, 0.5) is 5.69 Å². The zero-order chi connectivity index (χ0) is 16.2. The maximum Gasteiger partial charge on any atom is 0.269 e. The molecule has 8 nitrogen and oxygen atoms in total. The Labute approximate surface area is 135 Å². The number of non-ortho nitro benzene ring substituents is 1. The molecule has 3 aromatic rings. The summed E-state index contributed by atoms with van der Waals surface area (Å²) in [4.78, 5) is 14.2. The summed E-state index contributed by atoms with van der Waals surface area (Å²) in [7, 11) is 0. The molecule has 0 spiro atoms. The summed E-state index contributed by atoms with van der Waals surface area (Å²) >= 11 is 1.40. The first-order chi connectivity index (χ1) is 11.1. The van der Waals surface area contributed by atoms with Crippen molar-refractivity contribution in [1.82, 2.24) is 19.9 Å². The smallest absolute Gasteiger partial charge is 0.269 e. The first-order valence-electron chi connectivity index (χ1n) is 6.62. The van der Waals surface area contributed by atoms with Crippen LogP contribution in [0.15, 0.2) is 53.9 Å². The molecular weight excluding hydrogens is 316 g/mol. The van der Waals surface area contributed by atoms with Crippen molar-refractivity contribution in [2.75, 3.05) is 5.84 Å². The lowest BCUT2D eigenvalue weighted by molar-refractivity contribution is -0.384. The maximum atomic E-state index is 10.6. The van der Waals surface area contributed by atoms with E-state index in [1.54, 1.807) is 30.6 Å². The Morgan fingerprint density at radius 1 is 1.22 bits per heavy atom. The molecule has 0 aliphatic heterocycles. The van der Waals surface area contributed by atoms with E-state index in [0.717, 1.165) is 11.1 Å². The van der Waals surface area contributed by atoms with E-state index >= 15 is 0 Å². The number of nitro groups is 1. The number of nitrogens with zero attached hydrogens (tertiary/aromatic N) is 5. The third-order valence-electron chi connectivity index (χ3n) is 3.10. The second-order valence-corrected chi connectivity index (χ2v) is 5.57. The van der Waals surface area contributed by atoms with E-state index in [1.807, 2.05) is 6.07 Å². The van der Waals surface area contributed by atoms with Crippen molar-refractivity contribution >= 4 is 17.4 Å². The lowest BCUT2D eigenvalue weighted by Gasteiger charge is -2.03. The van der Waals surface area contributed by atoms with Gasteiger partial charge in [-0.3, -0.25) is 15.1 Å². The Morgan fingerprint density at radius 3 is 2.65 bits per heavy atom. The summed E-state index contributed by atoms with van der Waals surface area (Å²) in [5.74, 6) is 7.13. The van der Waals surface area contributed by atoms with Gasteiger partial charge in [0.15, 0.2) is 5.82 Å². The number of nitrogen functional groups attached to an aromatic ring is 1. The molecule has 2 N–H and O–H groups in total. The zero-order valence-electron chi connectivity index (χ0n) is 11.9. The minimum absolute atomic E-state index is 0.0691. The second-order valence-electron chi connectivity index (χ2n) is 4.63. The summed E-state index contributed by atoms with van der Waals surface area (Å²) in [5, 5.41) is 19.3. The van der Waals surface area contributed by atoms with Crippen LogP contribution < -0.4 is 5.84 Å². The predicted molar refractivity (Wildman–Crippen MR) is 86.1 cm³/mol. The number of nitro benzene ring substituents is 1. The van der Waals surface area contributed by atoms with Crippen LogP contribution in [0, 0.1) is 10.1 Å². The van der Waals surface area contributed by atoms with E-state index in [4.69, 9.17) is 5.84 Å². The molecule has 23 heavy (non-hydrogen) atoms. The number of nitrogens with two attached hydrogens (primary N) is 1. The fourth-order valence-electron chi connectivity index (χ4n) is 1.93. The minimum Gasteiger partial charge on any atom is -0.335 e. The number of hydrogen-bond donors (Lipinski definition) is 1. The molecule has 0 aliphatic carbocycles. The van der Waals surface area contributed by atoms with Gasteiger partial charge in [-0.05, 0) is 17.7 Å².